The van der Waals surface area contributed by atoms with Crippen LogP contribution < -0.4 is 0 Å². The number of halogens is 2. The van der Waals surface area contributed by atoms with E-state index >= 15 is 0 Å². The standard InChI is InChI=1S/CHBFI/c3-1-2-4/h1H. The Morgan fingerprint density at radius 3 is 2.25 bits per heavy atom. The molecular formula is CHBFI. The molecule has 0 saturated heterocycles. The first-order valence-corrected chi connectivity index (χ1v) is 2.02. The van der Waals surface area contributed by atoms with Gasteiger partial charge in [-0.05, 0) is 0 Å². The van der Waals surface area contributed by atoms with E-state index in [1.807, 2.05) is 0 Å². The molecule has 4 heavy (non-hydrogen) atoms. The molecule has 0 rings (SSSR count). The summed E-state index contributed by atoms with van der Waals surface area (Å²) in [6.45, 7) is 0. The number of hydrogen-bond donors (Lipinski definition) is 0. The summed E-state index contributed by atoms with van der Waals surface area (Å²) >= 11 is 1.80. The van der Waals surface area contributed by atoms with Crippen LogP contribution in [0, 0.1) is 0 Å². The van der Waals surface area contributed by atoms with Gasteiger partial charge in [0.25, 0.3) is 0 Å². The van der Waals surface area contributed by atoms with E-state index in [2.05, 4.69) is 0 Å². The van der Waals surface area contributed by atoms with Crippen LogP contribution in [0.2, 0.25) is 0 Å². The van der Waals surface area contributed by atoms with E-state index < -0.39 is 0 Å². The van der Waals surface area contributed by atoms with Crippen LogP contribution in [0.1, 0.15) is 0 Å². The van der Waals surface area contributed by atoms with E-state index in [9.17, 15) is 4.39 Å². The van der Waals surface area contributed by atoms with Crippen molar-refractivity contribution in [3.8, 4) is 0 Å². The van der Waals surface area contributed by atoms with Gasteiger partial charge in [0.1, 0.15) is 0 Å². The Hall–Kier alpha value is 0.595. The molecule has 0 aliphatic carbocycles. The second-order valence-corrected chi connectivity index (χ2v) is 0.971. The third kappa shape index (κ3) is 2.59. The monoisotopic (exact) mass is 170 g/mol. The zero-order valence-electron chi connectivity index (χ0n) is 1.91. The van der Waals surface area contributed by atoms with Gasteiger partial charge in [0, 0.05) is 0 Å². The van der Waals surface area contributed by atoms with Crippen molar-refractivity contribution in [1.82, 2.24) is 0 Å². The Balaban J connectivity index is 2.55. The molecule has 0 spiro atoms. The molecule has 0 aromatic carbocycles. The molecule has 0 amide bonds. The van der Waals surface area contributed by atoms with Crippen LogP contribution in [0.25, 0.3) is 0 Å². The molecule has 22 valence electrons. The molecule has 0 fully saturated rings. The molecule has 0 bridgehead atoms. The van der Waals surface area contributed by atoms with Crippen molar-refractivity contribution < 1.29 is 4.39 Å². The predicted octanol–water partition coefficient (Wildman–Crippen LogP) is 0.770. The molecule has 0 aromatic rings. The summed E-state index contributed by atoms with van der Waals surface area (Å²) < 4.78 is 11.8. The van der Waals surface area contributed by atoms with E-state index in [0.717, 1.165) is 0 Å². The molecule has 0 unspecified atom stereocenters. The van der Waals surface area contributed by atoms with Crippen LogP contribution in [0.5, 0.6) is 0 Å². The van der Waals surface area contributed by atoms with Crippen LogP contribution in [0.15, 0.2) is 0 Å². The van der Waals surface area contributed by atoms with Gasteiger partial charge >= 0.3 is 37.8 Å². The summed E-state index contributed by atoms with van der Waals surface area (Å²) in [6.07, 6.45) is 0.487. The average molecular weight is 170 g/mol. The summed E-state index contributed by atoms with van der Waals surface area (Å²) in [6, 6.07) is 0. The maximum absolute atomic E-state index is 10.5. The Morgan fingerprint density at radius 2 is 2.25 bits per heavy atom. The fourth-order valence-electron chi connectivity index (χ4n) is 0. The predicted molar refractivity (Wildman–Crippen MR) is 26.9 cm³/mol. The third-order valence-corrected chi connectivity index (χ3v) is 0.319. The Bertz CT molecular complexity index is 23.2. The number of rotatable bonds is 0. The van der Waals surface area contributed by atoms with E-state index in [0.29, 0.717) is 6.22 Å². The van der Waals surface area contributed by atoms with Crippen molar-refractivity contribution in [2.24, 2.45) is 0 Å². The van der Waals surface area contributed by atoms with Crippen molar-refractivity contribution in [1.29, 1.82) is 0 Å². The zero-order valence-corrected chi connectivity index (χ0v) is 4.07. The fraction of sp³-hybridized carbons (Fsp3) is 0. The Kier molecular flexibility index (Phi) is 4.13. The first-order chi connectivity index (χ1) is 1.91. The summed E-state index contributed by atoms with van der Waals surface area (Å²) in [4.78, 5) is 0. The van der Waals surface area contributed by atoms with Crippen molar-refractivity contribution in [2.45, 2.75) is 0 Å². The molecule has 0 nitrogen and oxygen atoms in total. The Morgan fingerprint density at radius 1 is 2.00 bits per heavy atom. The van der Waals surface area contributed by atoms with Gasteiger partial charge in [-0.25, -0.2) is 0 Å². The van der Waals surface area contributed by atoms with Gasteiger partial charge in [-0.3, -0.25) is 0 Å². The van der Waals surface area contributed by atoms with Gasteiger partial charge in [-0.15, -0.1) is 0 Å². The molecule has 0 aliphatic rings. The summed E-state index contributed by atoms with van der Waals surface area (Å²) in [5.41, 5.74) is 0. The summed E-state index contributed by atoms with van der Waals surface area (Å²) in [5, 5.41) is 0. The third-order valence-electron chi connectivity index (χ3n) is 0.0476. The van der Waals surface area contributed by atoms with Gasteiger partial charge < -0.3 is 0 Å². The molecule has 0 aliphatic heterocycles. The molecule has 0 N–H and O–H groups in total. The average Bonchev–Trinajstić information content (AvgIpc) is 1.37. The molecule has 3 heteroatoms. The van der Waals surface area contributed by atoms with E-state index in [-0.39, 0.29) is 0 Å². The molecule has 0 heterocycles. The summed E-state index contributed by atoms with van der Waals surface area (Å²) in [5.74, 6) is 0. The molecule has 0 saturated carbocycles. The molecule has 0 radical (unpaired) electrons. The first kappa shape index (κ1) is 4.59. The van der Waals surface area contributed by atoms with Gasteiger partial charge in [0.05, 0.1) is 0 Å². The van der Waals surface area contributed by atoms with Gasteiger partial charge in [-0.2, -0.15) is 0 Å². The van der Waals surface area contributed by atoms with E-state index in [1.165, 1.54) is 4.78 Å². The van der Waals surface area contributed by atoms with Crippen LogP contribution in [0.4, 0.5) is 4.39 Å². The van der Waals surface area contributed by atoms with Crippen LogP contribution >= 0.6 is 22.4 Å². The fourth-order valence-corrected chi connectivity index (χ4v) is 0. The van der Waals surface area contributed by atoms with Gasteiger partial charge in [0.15, 0.2) is 0 Å². The molecular weight excluding hydrogens is 169 g/mol. The molecule has 0 atom stereocenters. The molecule has 0 aromatic heterocycles. The minimum atomic E-state index is 0.487. The zero-order chi connectivity index (χ0) is 3.41. The second-order valence-electron chi connectivity index (χ2n) is 0.252. The van der Waals surface area contributed by atoms with Crippen molar-refractivity contribution in [3.63, 3.8) is 0 Å². The quantitative estimate of drug-likeness (QED) is 0.371. The topological polar surface area (TPSA) is 0 Å². The summed E-state index contributed by atoms with van der Waals surface area (Å²) in [7, 11) is 0. The van der Waals surface area contributed by atoms with Crippen LogP contribution in [-0.4, -0.2) is 11.0 Å². The van der Waals surface area contributed by atoms with Crippen molar-refractivity contribution in [2.75, 3.05) is 0 Å². The first-order valence-electron chi connectivity index (χ1n) is 0.770. The van der Waals surface area contributed by atoms with Crippen LogP contribution in [-0.2, 0) is 0 Å². The van der Waals surface area contributed by atoms with Gasteiger partial charge in [0.2, 0.25) is 0 Å². The normalized spacial score (nSPS) is 7.50. The van der Waals surface area contributed by atoms with Crippen molar-refractivity contribution in [3.05, 3.63) is 0 Å². The van der Waals surface area contributed by atoms with E-state index in [4.69, 9.17) is 0 Å². The Labute approximate surface area is 38.2 Å². The SMILES string of the molecule is FC=BI. The second kappa shape index (κ2) is 3.59. The van der Waals surface area contributed by atoms with E-state index in [1.54, 1.807) is 22.4 Å². The minimum absolute atomic E-state index is 0.487. The number of hydrogen-bond acceptors (Lipinski definition) is 0. The maximum atomic E-state index is 10.5. The van der Waals surface area contributed by atoms with Crippen molar-refractivity contribution >= 4 is 33.4 Å². The van der Waals surface area contributed by atoms with Gasteiger partial charge in [-0.1, -0.05) is 0 Å². The van der Waals surface area contributed by atoms with Crippen LogP contribution in [0.3, 0.4) is 0 Å².